The number of carbonyl (C=O) groups is 1. The molecule has 7 rings (SSSR count). The lowest BCUT2D eigenvalue weighted by molar-refractivity contribution is -0.115. The topological polar surface area (TPSA) is 115 Å². The molecule has 4 aromatic heterocycles. The molecule has 0 aliphatic carbocycles. The molecule has 0 saturated carbocycles. The number of aromatic amines is 2. The Hall–Kier alpha value is -5.05. The summed E-state index contributed by atoms with van der Waals surface area (Å²) in [4.78, 5) is 32.5. The van der Waals surface area contributed by atoms with E-state index in [9.17, 15) is 4.79 Å². The predicted molar refractivity (Wildman–Crippen MR) is 157 cm³/mol. The molecule has 1 aliphatic rings. The summed E-state index contributed by atoms with van der Waals surface area (Å²) < 4.78 is 0. The van der Waals surface area contributed by atoms with Crippen molar-refractivity contribution in [3.8, 4) is 22.8 Å². The lowest BCUT2D eigenvalue weighted by atomic mass is 10.1. The highest BCUT2D eigenvalue weighted by Gasteiger charge is 2.19. The first-order valence-electron chi connectivity index (χ1n) is 13.6. The third-order valence-corrected chi connectivity index (χ3v) is 7.38. The fraction of sp³-hybridized carbons (Fsp3) is 0.194. The number of amides is 1. The average Bonchev–Trinajstić information content (AvgIpc) is 3.62. The van der Waals surface area contributed by atoms with E-state index in [0.29, 0.717) is 17.9 Å². The van der Waals surface area contributed by atoms with Crippen molar-refractivity contribution in [1.82, 2.24) is 30.1 Å². The smallest absolute Gasteiger partial charge is 0.228 e. The fourth-order valence-electron chi connectivity index (χ4n) is 5.41. The molecular weight excluding hydrogens is 500 g/mol. The van der Waals surface area contributed by atoms with Gasteiger partial charge in [-0.15, -0.1) is 0 Å². The number of para-hydroxylation sites is 1. The zero-order chi connectivity index (χ0) is 26.9. The van der Waals surface area contributed by atoms with Crippen LogP contribution in [0.25, 0.3) is 44.7 Å². The highest BCUT2D eigenvalue weighted by atomic mass is 16.1. The highest BCUT2D eigenvalue weighted by Crippen LogP contribution is 2.33. The molecule has 0 atom stereocenters. The van der Waals surface area contributed by atoms with Gasteiger partial charge in [-0.25, -0.2) is 4.98 Å². The van der Waals surface area contributed by atoms with E-state index in [1.54, 1.807) is 18.6 Å². The molecule has 0 radical (unpaired) electrons. The Kier molecular flexibility index (Phi) is 6.16. The summed E-state index contributed by atoms with van der Waals surface area (Å²) >= 11 is 0. The minimum absolute atomic E-state index is 0.0977. The van der Waals surface area contributed by atoms with E-state index in [1.807, 2.05) is 42.5 Å². The molecule has 0 spiro atoms. The summed E-state index contributed by atoms with van der Waals surface area (Å²) in [5, 5.41) is 11.5. The van der Waals surface area contributed by atoms with Crippen LogP contribution in [0.2, 0.25) is 0 Å². The highest BCUT2D eigenvalue weighted by molar-refractivity contribution is 5.97. The summed E-state index contributed by atoms with van der Waals surface area (Å²) in [5.74, 6) is 0.613. The maximum atomic E-state index is 12.6. The van der Waals surface area contributed by atoms with E-state index in [4.69, 9.17) is 4.98 Å². The van der Waals surface area contributed by atoms with Crippen LogP contribution in [0.1, 0.15) is 24.8 Å². The molecule has 9 nitrogen and oxygen atoms in total. The normalized spacial score (nSPS) is 13.7. The van der Waals surface area contributed by atoms with Crippen molar-refractivity contribution in [2.75, 3.05) is 23.3 Å². The number of hydrogen-bond acceptors (Lipinski definition) is 6. The molecule has 1 saturated heterocycles. The summed E-state index contributed by atoms with van der Waals surface area (Å²) in [6, 6.07) is 19.8. The molecule has 2 aromatic carbocycles. The van der Waals surface area contributed by atoms with Gasteiger partial charge in [0, 0.05) is 30.2 Å². The number of imidazole rings is 1. The van der Waals surface area contributed by atoms with Crippen LogP contribution >= 0.6 is 0 Å². The lowest BCUT2D eigenvalue weighted by Crippen LogP contribution is -2.29. The number of nitrogens with one attached hydrogen (secondary N) is 3. The van der Waals surface area contributed by atoms with Gasteiger partial charge in [-0.2, -0.15) is 5.10 Å². The number of anilines is 2. The van der Waals surface area contributed by atoms with E-state index in [1.165, 1.54) is 24.9 Å². The van der Waals surface area contributed by atoms with Crippen molar-refractivity contribution in [3.05, 3.63) is 84.8 Å². The first-order valence-corrected chi connectivity index (χ1v) is 13.6. The maximum Gasteiger partial charge on any atom is 0.228 e. The van der Waals surface area contributed by atoms with Crippen molar-refractivity contribution < 1.29 is 4.79 Å². The van der Waals surface area contributed by atoms with Crippen molar-refractivity contribution >= 4 is 39.2 Å². The number of pyridine rings is 2. The van der Waals surface area contributed by atoms with Gasteiger partial charge in [-0.05, 0) is 49.1 Å². The Morgan fingerprint density at radius 2 is 1.80 bits per heavy atom. The molecular formula is C31H28N8O. The molecule has 5 heterocycles. The monoisotopic (exact) mass is 528 g/mol. The number of fused-ring (bicyclic) bond motifs is 2. The third-order valence-electron chi connectivity index (χ3n) is 7.38. The quantitative estimate of drug-likeness (QED) is 0.254. The number of benzene rings is 2. The number of carbonyl (C=O) groups excluding carboxylic acids is 1. The number of rotatable bonds is 6. The summed E-state index contributed by atoms with van der Waals surface area (Å²) in [7, 11) is 0. The second kappa shape index (κ2) is 10.3. The van der Waals surface area contributed by atoms with Crippen LogP contribution in [-0.2, 0) is 11.2 Å². The first-order chi connectivity index (χ1) is 19.7. The van der Waals surface area contributed by atoms with Crippen LogP contribution in [0.4, 0.5) is 11.4 Å². The Bertz CT molecular complexity index is 1820. The molecule has 9 heteroatoms. The minimum atomic E-state index is -0.0977. The second-order valence-corrected chi connectivity index (χ2v) is 10.2. The zero-order valence-electron chi connectivity index (χ0n) is 21.9. The number of hydrogen-bond donors (Lipinski definition) is 3. The number of nitrogens with zero attached hydrogens (tertiary/aromatic N) is 5. The van der Waals surface area contributed by atoms with Gasteiger partial charge >= 0.3 is 0 Å². The molecule has 0 bridgehead atoms. The SMILES string of the molecule is O=C(Cc1ccccc1)Nc1cncc(-c2cc3c(-c4nc5c(N6CCCCC6)cccc5[nH]4)n[nH]c3cn2)c1. The number of H-pyrrole nitrogens is 2. The van der Waals surface area contributed by atoms with E-state index in [0.717, 1.165) is 57.5 Å². The number of aromatic nitrogens is 6. The van der Waals surface area contributed by atoms with Crippen molar-refractivity contribution in [2.45, 2.75) is 25.7 Å². The second-order valence-electron chi connectivity index (χ2n) is 10.2. The molecule has 198 valence electrons. The van der Waals surface area contributed by atoms with E-state index in [-0.39, 0.29) is 5.91 Å². The molecule has 40 heavy (non-hydrogen) atoms. The van der Waals surface area contributed by atoms with Crippen LogP contribution in [-0.4, -0.2) is 49.1 Å². The van der Waals surface area contributed by atoms with Gasteiger partial charge in [0.15, 0.2) is 5.82 Å². The largest absolute Gasteiger partial charge is 0.370 e. The van der Waals surface area contributed by atoms with E-state index in [2.05, 4.69) is 53.6 Å². The minimum Gasteiger partial charge on any atom is -0.370 e. The van der Waals surface area contributed by atoms with Crippen LogP contribution < -0.4 is 10.2 Å². The Morgan fingerprint density at radius 3 is 2.67 bits per heavy atom. The van der Waals surface area contributed by atoms with Crippen molar-refractivity contribution in [1.29, 1.82) is 0 Å². The Labute approximate surface area is 230 Å². The van der Waals surface area contributed by atoms with E-state index >= 15 is 0 Å². The van der Waals surface area contributed by atoms with E-state index < -0.39 is 0 Å². The molecule has 1 amide bonds. The van der Waals surface area contributed by atoms with Crippen molar-refractivity contribution in [3.63, 3.8) is 0 Å². The first kappa shape index (κ1) is 24.0. The number of piperidine rings is 1. The standard InChI is InChI=1S/C31H28N8O/c40-28(14-20-8-3-1-4-9-20)34-22-15-21(17-32-18-22)25-16-23-26(19-33-25)37-38-29(23)31-35-24-10-7-11-27(30(24)36-31)39-12-5-2-6-13-39/h1,3-4,7-11,15-19H,2,5-6,12-14H2,(H,34,40)(H,35,36)(H,37,38). The fourth-order valence-corrected chi connectivity index (χ4v) is 5.41. The summed E-state index contributed by atoms with van der Waals surface area (Å²) in [6.07, 6.45) is 9.15. The predicted octanol–water partition coefficient (Wildman–Crippen LogP) is 5.73. The van der Waals surface area contributed by atoms with Crippen LogP contribution in [0.5, 0.6) is 0 Å². The maximum absolute atomic E-state index is 12.6. The Morgan fingerprint density at radius 1 is 0.925 bits per heavy atom. The average molecular weight is 529 g/mol. The third kappa shape index (κ3) is 4.66. The molecule has 3 N–H and O–H groups in total. The van der Waals surface area contributed by atoms with Crippen LogP contribution in [0, 0.1) is 0 Å². The lowest BCUT2D eigenvalue weighted by Gasteiger charge is -2.28. The van der Waals surface area contributed by atoms with Crippen molar-refractivity contribution in [2.24, 2.45) is 0 Å². The van der Waals surface area contributed by atoms with Gasteiger partial charge in [0.2, 0.25) is 5.91 Å². The molecule has 6 aromatic rings. The van der Waals surface area contributed by atoms with Crippen LogP contribution in [0.3, 0.4) is 0 Å². The Balaban J connectivity index is 1.19. The van der Waals surface area contributed by atoms with Gasteiger partial charge in [-0.1, -0.05) is 36.4 Å². The van der Waals surface area contributed by atoms with Gasteiger partial charge in [0.25, 0.3) is 0 Å². The van der Waals surface area contributed by atoms with Gasteiger partial charge in [-0.3, -0.25) is 19.9 Å². The van der Waals surface area contributed by atoms with Gasteiger partial charge in [0.05, 0.1) is 46.9 Å². The summed E-state index contributed by atoms with van der Waals surface area (Å²) in [5.41, 5.74) is 7.78. The zero-order valence-corrected chi connectivity index (χ0v) is 21.9. The molecule has 1 aliphatic heterocycles. The van der Waals surface area contributed by atoms with Gasteiger partial charge in [0.1, 0.15) is 11.2 Å². The van der Waals surface area contributed by atoms with Crippen LogP contribution in [0.15, 0.2) is 79.3 Å². The molecule has 0 unspecified atom stereocenters. The molecule has 1 fully saturated rings. The summed E-state index contributed by atoms with van der Waals surface area (Å²) in [6.45, 7) is 2.11. The van der Waals surface area contributed by atoms with Gasteiger partial charge < -0.3 is 15.2 Å².